The van der Waals surface area contributed by atoms with Crippen LogP contribution in [0, 0.1) is 11.3 Å². The summed E-state index contributed by atoms with van der Waals surface area (Å²) in [7, 11) is 0. The lowest BCUT2D eigenvalue weighted by Gasteiger charge is -2.05. The minimum Gasteiger partial charge on any atom is -0.321 e. The van der Waals surface area contributed by atoms with Crippen LogP contribution in [0.5, 0.6) is 0 Å². The van der Waals surface area contributed by atoms with Crippen molar-refractivity contribution >= 4 is 23.0 Å². The van der Waals surface area contributed by atoms with Gasteiger partial charge in [0.1, 0.15) is 0 Å². The molecule has 4 heteroatoms. The molecular weight excluding hydrogens is 300 g/mol. The van der Waals surface area contributed by atoms with E-state index in [0.29, 0.717) is 22.4 Å². The smallest absolute Gasteiger partial charge is 0.256 e. The van der Waals surface area contributed by atoms with E-state index in [-0.39, 0.29) is 18.1 Å². The van der Waals surface area contributed by atoms with Gasteiger partial charge in [0.05, 0.1) is 28.5 Å². The second kappa shape index (κ2) is 5.32. The Morgan fingerprint density at radius 2 is 1.58 bits per heavy atom. The van der Waals surface area contributed by atoms with Gasteiger partial charge < -0.3 is 5.32 Å². The van der Waals surface area contributed by atoms with Crippen LogP contribution in [0.25, 0.3) is 11.3 Å². The summed E-state index contributed by atoms with van der Waals surface area (Å²) in [5, 5.41) is 11.7. The number of carbonyl (C=O) groups is 2. The van der Waals surface area contributed by atoms with E-state index >= 15 is 0 Å². The summed E-state index contributed by atoms with van der Waals surface area (Å²) in [6.45, 7) is 0. The van der Waals surface area contributed by atoms with Gasteiger partial charge in [-0.15, -0.1) is 0 Å². The molecule has 4 nitrogen and oxygen atoms in total. The first-order valence-electron chi connectivity index (χ1n) is 7.57. The van der Waals surface area contributed by atoms with Gasteiger partial charge in [0.2, 0.25) is 0 Å². The Hall–Kier alpha value is -3.45. The number of fused-ring (bicyclic) bond motifs is 1. The third-order valence-electron chi connectivity index (χ3n) is 4.31. The van der Waals surface area contributed by atoms with Crippen LogP contribution >= 0.6 is 0 Å². The van der Waals surface area contributed by atoms with Crippen molar-refractivity contribution in [3.8, 4) is 6.07 Å². The maximum atomic E-state index is 12.5. The zero-order valence-electron chi connectivity index (χ0n) is 12.7. The summed E-state index contributed by atoms with van der Waals surface area (Å²) in [5.74, 6) is -0.296. The summed E-state index contributed by atoms with van der Waals surface area (Å²) >= 11 is 0. The largest absolute Gasteiger partial charge is 0.321 e. The molecule has 114 valence electrons. The van der Waals surface area contributed by atoms with E-state index in [1.165, 1.54) is 0 Å². The number of hydrogen-bond donors (Lipinski definition) is 1. The van der Waals surface area contributed by atoms with Crippen molar-refractivity contribution in [2.45, 2.75) is 6.42 Å². The highest BCUT2D eigenvalue weighted by Gasteiger charge is 2.40. The number of ketones is 1. The Kier molecular flexibility index (Phi) is 3.14. The summed E-state index contributed by atoms with van der Waals surface area (Å²) < 4.78 is 0. The van der Waals surface area contributed by atoms with Gasteiger partial charge in [0, 0.05) is 6.42 Å². The van der Waals surface area contributed by atoms with Gasteiger partial charge >= 0.3 is 0 Å². The number of nitrogens with one attached hydrogen (secondary N) is 1. The monoisotopic (exact) mass is 312 g/mol. The van der Waals surface area contributed by atoms with Crippen LogP contribution in [0.1, 0.15) is 23.1 Å². The lowest BCUT2D eigenvalue weighted by Crippen LogP contribution is -2.16. The van der Waals surface area contributed by atoms with Crippen LogP contribution in [0.2, 0.25) is 0 Å². The van der Waals surface area contributed by atoms with Crippen molar-refractivity contribution in [3.05, 3.63) is 82.4 Å². The highest BCUT2D eigenvalue weighted by Crippen LogP contribution is 2.42. The maximum Gasteiger partial charge on any atom is 0.256 e. The van der Waals surface area contributed by atoms with E-state index in [4.69, 9.17) is 5.26 Å². The predicted octanol–water partition coefficient (Wildman–Crippen LogP) is 2.83. The molecule has 2 aliphatic rings. The molecule has 1 N–H and O–H groups in total. The molecule has 2 aromatic carbocycles. The minimum atomic E-state index is -0.242. The molecule has 0 saturated carbocycles. The van der Waals surface area contributed by atoms with Crippen molar-refractivity contribution in [1.82, 2.24) is 5.32 Å². The third kappa shape index (κ3) is 2.07. The quantitative estimate of drug-likeness (QED) is 0.927. The highest BCUT2D eigenvalue weighted by atomic mass is 16.2. The normalized spacial score (nSPS) is 16.3. The number of amides is 1. The molecular formula is C20H12N2O2. The van der Waals surface area contributed by atoms with Gasteiger partial charge in [-0.2, -0.15) is 5.26 Å². The van der Waals surface area contributed by atoms with E-state index < -0.39 is 0 Å². The van der Waals surface area contributed by atoms with Crippen LogP contribution in [0.4, 0.5) is 0 Å². The van der Waals surface area contributed by atoms with Crippen molar-refractivity contribution in [3.63, 3.8) is 0 Å². The van der Waals surface area contributed by atoms with Gasteiger partial charge in [0.25, 0.3) is 5.91 Å². The predicted molar refractivity (Wildman–Crippen MR) is 89.2 cm³/mol. The number of nitrogens with zero attached hydrogens (tertiary/aromatic N) is 1. The topological polar surface area (TPSA) is 70.0 Å². The summed E-state index contributed by atoms with van der Waals surface area (Å²) in [6.07, 6.45) is 0.209. The van der Waals surface area contributed by atoms with Crippen LogP contribution in [0.3, 0.4) is 0 Å². The van der Waals surface area contributed by atoms with Gasteiger partial charge in [0.15, 0.2) is 5.78 Å². The molecule has 1 amide bonds. The highest BCUT2D eigenvalue weighted by molar-refractivity contribution is 6.31. The van der Waals surface area contributed by atoms with Gasteiger partial charge in [-0.3, -0.25) is 9.59 Å². The number of benzene rings is 2. The number of rotatable bonds is 2. The Balaban J connectivity index is 1.88. The molecule has 0 bridgehead atoms. The Morgan fingerprint density at radius 1 is 0.875 bits per heavy atom. The minimum absolute atomic E-state index is 0.0541. The van der Waals surface area contributed by atoms with E-state index in [1.807, 2.05) is 30.3 Å². The molecule has 4 rings (SSSR count). The first kappa shape index (κ1) is 14.2. The zero-order valence-corrected chi connectivity index (χ0v) is 12.7. The van der Waals surface area contributed by atoms with Gasteiger partial charge in [-0.05, 0) is 28.8 Å². The second-order valence-corrected chi connectivity index (χ2v) is 5.71. The van der Waals surface area contributed by atoms with Crippen molar-refractivity contribution in [2.24, 2.45) is 0 Å². The maximum absolute atomic E-state index is 12.5. The molecule has 0 fully saturated rings. The van der Waals surface area contributed by atoms with Crippen LogP contribution < -0.4 is 5.32 Å². The Morgan fingerprint density at radius 3 is 2.25 bits per heavy atom. The van der Waals surface area contributed by atoms with Crippen LogP contribution in [-0.4, -0.2) is 11.7 Å². The van der Waals surface area contributed by atoms with Crippen molar-refractivity contribution in [2.75, 3.05) is 0 Å². The lowest BCUT2D eigenvalue weighted by molar-refractivity contribution is -0.116. The fraction of sp³-hybridized carbons (Fsp3) is 0.0500. The lowest BCUT2D eigenvalue weighted by atomic mass is 10.00. The average molecular weight is 312 g/mol. The zero-order chi connectivity index (χ0) is 16.7. The number of allylic oxidation sites excluding steroid dienone is 1. The van der Waals surface area contributed by atoms with E-state index in [2.05, 4.69) is 11.4 Å². The molecule has 1 aliphatic heterocycles. The first-order valence-corrected chi connectivity index (χ1v) is 7.57. The number of carbonyl (C=O) groups excluding carboxylic acids is 2. The summed E-state index contributed by atoms with van der Waals surface area (Å²) in [5.41, 5.74) is 4.42. The standard InChI is InChI=1S/C20H12N2O2/c21-11-12-6-8-13(9-7-12)15-10-16(23)18-17(15)20(24)22-19(18)14-4-2-1-3-5-14/h1-9H,10H2,(H,22,24). The molecule has 0 radical (unpaired) electrons. The summed E-state index contributed by atoms with van der Waals surface area (Å²) in [4.78, 5) is 25.0. The van der Waals surface area contributed by atoms with Crippen molar-refractivity contribution in [1.29, 1.82) is 5.26 Å². The molecule has 24 heavy (non-hydrogen) atoms. The van der Waals surface area contributed by atoms with E-state index in [9.17, 15) is 9.59 Å². The molecule has 0 unspecified atom stereocenters. The fourth-order valence-corrected chi connectivity index (χ4v) is 3.19. The van der Waals surface area contributed by atoms with E-state index in [0.717, 1.165) is 16.7 Å². The van der Waals surface area contributed by atoms with Gasteiger partial charge in [-0.25, -0.2) is 0 Å². The Labute approximate surface area is 138 Å². The molecule has 0 saturated heterocycles. The molecule has 1 heterocycles. The molecule has 0 spiro atoms. The van der Waals surface area contributed by atoms with Crippen LogP contribution in [0.15, 0.2) is 65.7 Å². The second-order valence-electron chi connectivity index (χ2n) is 5.71. The van der Waals surface area contributed by atoms with Gasteiger partial charge in [-0.1, -0.05) is 42.5 Å². The molecule has 2 aromatic rings. The van der Waals surface area contributed by atoms with Crippen LogP contribution in [-0.2, 0) is 9.59 Å². The number of nitriles is 1. The number of hydrogen-bond acceptors (Lipinski definition) is 3. The fourth-order valence-electron chi connectivity index (χ4n) is 3.19. The number of Topliss-reactive ketones (excluding diaryl/α,β-unsaturated/α-hetero) is 1. The molecule has 0 atom stereocenters. The van der Waals surface area contributed by atoms with Crippen molar-refractivity contribution < 1.29 is 9.59 Å². The first-order chi connectivity index (χ1) is 11.7. The SMILES string of the molecule is N#Cc1ccc(C2=C3C(=O)NC(c4ccccc4)=C3C(=O)C2)cc1. The van der Waals surface area contributed by atoms with E-state index in [1.54, 1.807) is 24.3 Å². The average Bonchev–Trinajstić information content (AvgIpc) is 3.15. The third-order valence-corrected chi connectivity index (χ3v) is 4.31. The molecule has 0 aromatic heterocycles. The Bertz CT molecular complexity index is 975. The molecule has 1 aliphatic carbocycles. The summed E-state index contributed by atoms with van der Waals surface area (Å²) in [6, 6.07) is 18.4.